The van der Waals surface area contributed by atoms with Crippen molar-refractivity contribution in [1.82, 2.24) is 0 Å². The van der Waals surface area contributed by atoms with E-state index >= 15 is 0 Å². The Balaban J connectivity index is 1.99. The molecule has 0 aromatic heterocycles. The average Bonchev–Trinajstić information content (AvgIpc) is 2.38. The molecule has 1 nitrogen and oxygen atoms in total. The molecule has 0 spiro atoms. The van der Waals surface area contributed by atoms with Crippen molar-refractivity contribution in [3.8, 4) is 0 Å². The van der Waals surface area contributed by atoms with Crippen molar-refractivity contribution in [2.45, 2.75) is 65.7 Å². The van der Waals surface area contributed by atoms with E-state index in [0.717, 1.165) is 12.8 Å². The number of aryl methyl sites for hydroxylation is 1. The van der Waals surface area contributed by atoms with Crippen molar-refractivity contribution in [2.24, 2.45) is 11.3 Å². The summed E-state index contributed by atoms with van der Waals surface area (Å²) in [5.74, 6) is 1.35. The number of rotatable bonds is 4. The number of fused-ring (bicyclic) bond motifs is 1. The third-order valence-corrected chi connectivity index (χ3v) is 4.98. The van der Waals surface area contributed by atoms with Crippen LogP contribution < -0.4 is 0 Å². The van der Waals surface area contributed by atoms with E-state index in [2.05, 4.69) is 52.0 Å². The third-order valence-electron chi connectivity index (χ3n) is 4.98. The maximum atomic E-state index is 12.4. The molecule has 2 atom stereocenters. The first-order valence-corrected chi connectivity index (χ1v) is 7.97. The largest absolute Gasteiger partial charge is 0.300 e. The summed E-state index contributed by atoms with van der Waals surface area (Å²) in [6, 6.07) is 8.67. The molecule has 0 fully saturated rings. The van der Waals surface area contributed by atoms with Gasteiger partial charge in [-0.3, -0.25) is 4.79 Å². The van der Waals surface area contributed by atoms with Crippen LogP contribution in [0.5, 0.6) is 0 Å². The summed E-state index contributed by atoms with van der Waals surface area (Å²) in [5.41, 5.74) is 3.11. The van der Waals surface area contributed by atoms with Crippen molar-refractivity contribution >= 4 is 5.78 Å². The van der Waals surface area contributed by atoms with Gasteiger partial charge in [0.15, 0.2) is 0 Å². The topological polar surface area (TPSA) is 17.1 Å². The molecule has 1 heteroatoms. The normalized spacial score (nSPS) is 20.3. The molecule has 1 aromatic carbocycles. The van der Waals surface area contributed by atoms with E-state index in [1.54, 1.807) is 0 Å². The van der Waals surface area contributed by atoms with Crippen molar-refractivity contribution < 1.29 is 4.79 Å². The van der Waals surface area contributed by atoms with E-state index in [4.69, 9.17) is 0 Å². The first kappa shape index (κ1) is 15.3. The molecule has 0 N–H and O–H groups in total. The van der Waals surface area contributed by atoms with Crippen molar-refractivity contribution in [1.29, 1.82) is 0 Å². The molecule has 0 bridgehead atoms. The average molecular weight is 272 g/mol. The lowest BCUT2D eigenvalue weighted by molar-refractivity contribution is -0.121. The van der Waals surface area contributed by atoms with Crippen LogP contribution >= 0.6 is 0 Å². The zero-order valence-electron chi connectivity index (χ0n) is 13.4. The fourth-order valence-electron chi connectivity index (χ4n) is 3.07. The Labute approximate surface area is 123 Å². The molecule has 0 radical (unpaired) electrons. The first-order chi connectivity index (χ1) is 9.38. The number of carbonyl (C=O) groups is 1. The molecular formula is C19H28O. The second-order valence-corrected chi connectivity index (χ2v) is 7.50. The smallest absolute Gasteiger partial charge is 0.133 e. The van der Waals surface area contributed by atoms with Gasteiger partial charge in [0, 0.05) is 12.8 Å². The van der Waals surface area contributed by atoms with Gasteiger partial charge in [-0.1, -0.05) is 52.0 Å². The van der Waals surface area contributed by atoms with Gasteiger partial charge in [0.25, 0.3) is 0 Å². The zero-order chi connectivity index (χ0) is 14.8. The van der Waals surface area contributed by atoms with E-state index in [0.29, 0.717) is 17.6 Å². The maximum Gasteiger partial charge on any atom is 0.133 e. The number of hydrogen-bond acceptors (Lipinski definition) is 1. The number of carbonyl (C=O) groups excluding carboxylic acids is 1. The lowest BCUT2D eigenvalue weighted by Gasteiger charge is -2.28. The number of ketones is 1. The van der Waals surface area contributed by atoms with Crippen molar-refractivity contribution in [3.05, 3.63) is 35.4 Å². The van der Waals surface area contributed by atoms with Crippen molar-refractivity contribution in [3.63, 3.8) is 0 Å². The lowest BCUT2D eigenvalue weighted by atomic mass is 9.76. The molecule has 2 unspecified atom stereocenters. The van der Waals surface area contributed by atoms with Gasteiger partial charge < -0.3 is 0 Å². The predicted octanol–water partition coefficient (Wildman–Crippen LogP) is 5.14. The molecule has 0 heterocycles. The van der Waals surface area contributed by atoms with E-state index in [1.807, 2.05) is 0 Å². The van der Waals surface area contributed by atoms with Crippen LogP contribution in [0.3, 0.4) is 0 Å². The minimum Gasteiger partial charge on any atom is -0.300 e. The predicted molar refractivity (Wildman–Crippen MR) is 85.0 cm³/mol. The summed E-state index contributed by atoms with van der Waals surface area (Å²) in [7, 11) is 0. The molecule has 0 amide bonds. The highest BCUT2D eigenvalue weighted by atomic mass is 16.1. The minimum absolute atomic E-state index is 0.222. The zero-order valence-corrected chi connectivity index (χ0v) is 13.4. The monoisotopic (exact) mass is 272 g/mol. The first-order valence-electron chi connectivity index (χ1n) is 7.97. The van der Waals surface area contributed by atoms with Gasteiger partial charge in [0.1, 0.15) is 5.78 Å². The van der Waals surface area contributed by atoms with Gasteiger partial charge in [0.2, 0.25) is 0 Å². The van der Waals surface area contributed by atoms with Crippen LogP contribution in [0.2, 0.25) is 0 Å². The third kappa shape index (κ3) is 3.71. The fourth-order valence-corrected chi connectivity index (χ4v) is 3.07. The SMILES string of the molecule is CC(CC(=O)CC1CCCc2ccccc21)C(C)(C)C. The number of benzene rings is 1. The molecule has 110 valence electrons. The molecule has 20 heavy (non-hydrogen) atoms. The van der Waals surface area contributed by atoms with Crippen LogP contribution in [-0.2, 0) is 11.2 Å². The Hall–Kier alpha value is -1.11. The summed E-state index contributed by atoms with van der Waals surface area (Å²) >= 11 is 0. The van der Waals surface area contributed by atoms with Gasteiger partial charge in [-0.05, 0) is 47.6 Å². The highest BCUT2D eigenvalue weighted by Crippen LogP contribution is 2.35. The van der Waals surface area contributed by atoms with Crippen LogP contribution in [0.15, 0.2) is 24.3 Å². The summed E-state index contributed by atoms with van der Waals surface area (Å²) in [6.45, 7) is 8.87. The van der Waals surface area contributed by atoms with E-state index in [-0.39, 0.29) is 5.41 Å². The summed E-state index contributed by atoms with van der Waals surface area (Å²) < 4.78 is 0. The van der Waals surface area contributed by atoms with Gasteiger partial charge in [0.05, 0.1) is 0 Å². The lowest BCUT2D eigenvalue weighted by Crippen LogP contribution is -2.22. The molecule has 0 aliphatic heterocycles. The quantitative estimate of drug-likeness (QED) is 0.742. The Bertz CT molecular complexity index is 467. The maximum absolute atomic E-state index is 12.4. The Morgan fingerprint density at radius 2 is 2.00 bits per heavy atom. The van der Waals surface area contributed by atoms with Crippen LogP contribution in [0.4, 0.5) is 0 Å². The van der Waals surface area contributed by atoms with Gasteiger partial charge in [-0.15, -0.1) is 0 Å². The Morgan fingerprint density at radius 3 is 2.70 bits per heavy atom. The molecular weight excluding hydrogens is 244 g/mol. The summed E-state index contributed by atoms with van der Waals surface area (Å²) in [4.78, 5) is 12.4. The molecule has 2 rings (SSSR count). The van der Waals surface area contributed by atoms with Crippen molar-refractivity contribution in [2.75, 3.05) is 0 Å². The Morgan fingerprint density at radius 1 is 1.30 bits per heavy atom. The minimum atomic E-state index is 0.222. The molecule has 0 saturated heterocycles. The van der Waals surface area contributed by atoms with Crippen LogP contribution in [0.1, 0.15) is 70.4 Å². The Kier molecular flexibility index (Phi) is 4.67. The highest BCUT2D eigenvalue weighted by Gasteiger charge is 2.26. The van der Waals surface area contributed by atoms with E-state index in [1.165, 1.54) is 30.4 Å². The number of Topliss-reactive ketones (excluding diaryl/α,β-unsaturated/α-hetero) is 1. The summed E-state index contributed by atoms with van der Waals surface area (Å²) in [6.07, 6.45) is 5.04. The van der Waals surface area contributed by atoms with Gasteiger partial charge in [-0.25, -0.2) is 0 Å². The van der Waals surface area contributed by atoms with Gasteiger partial charge >= 0.3 is 0 Å². The number of hydrogen-bond donors (Lipinski definition) is 0. The molecule has 1 aliphatic carbocycles. The summed E-state index contributed by atoms with van der Waals surface area (Å²) in [5, 5.41) is 0. The van der Waals surface area contributed by atoms with Gasteiger partial charge in [-0.2, -0.15) is 0 Å². The van der Waals surface area contributed by atoms with Crippen LogP contribution in [0.25, 0.3) is 0 Å². The second kappa shape index (κ2) is 6.11. The fraction of sp³-hybridized carbons (Fsp3) is 0.632. The standard InChI is InChI=1S/C19H28O/c1-14(19(2,3)4)12-17(20)13-16-10-7-9-15-8-5-6-11-18(15)16/h5-6,8,11,14,16H,7,9-10,12-13H2,1-4H3. The molecule has 0 saturated carbocycles. The second-order valence-electron chi connectivity index (χ2n) is 7.50. The van der Waals surface area contributed by atoms with Crippen LogP contribution in [0, 0.1) is 11.3 Å². The highest BCUT2D eigenvalue weighted by molar-refractivity contribution is 5.79. The molecule has 1 aliphatic rings. The van der Waals surface area contributed by atoms with E-state index < -0.39 is 0 Å². The molecule has 1 aromatic rings. The van der Waals surface area contributed by atoms with E-state index in [9.17, 15) is 4.79 Å². The van der Waals surface area contributed by atoms with Crippen LogP contribution in [-0.4, -0.2) is 5.78 Å².